The zero-order valence-corrected chi connectivity index (χ0v) is 12.6. The van der Waals surface area contributed by atoms with Crippen molar-refractivity contribution < 1.29 is 8.42 Å². The van der Waals surface area contributed by atoms with E-state index < -0.39 is 10.0 Å². The number of anilines is 1. The first-order valence-corrected chi connectivity index (χ1v) is 8.41. The van der Waals surface area contributed by atoms with E-state index in [-0.39, 0.29) is 4.21 Å². The van der Waals surface area contributed by atoms with E-state index in [1.165, 1.54) is 11.3 Å². The first kappa shape index (κ1) is 12.6. The van der Waals surface area contributed by atoms with Gasteiger partial charge in [0.1, 0.15) is 0 Å². The normalized spacial score (nSPS) is 11.8. The van der Waals surface area contributed by atoms with Gasteiger partial charge < -0.3 is 0 Å². The van der Waals surface area contributed by atoms with E-state index in [2.05, 4.69) is 30.8 Å². The summed E-state index contributed by atoms with van der Waals surface area (Å²) in [6, 6.07) is 6.92. The number of hydrogen-bond acceptors (Lipinski definition) is 4. The van der Waals surface area contributed by atoms with Gasteiger partial charge in [-0.3, -0.25) is 9.82 Å². The van der Waals surface area contributed by atoms with E-state index in [0.717, 1.165) is 10.9 Å². The summed E-state index contributed by atoms with van der Waals surface area (Å²) in [4.78, 5) is 0. The zero-order valence-electron chi connectivity index (χ0n) is 9.42. The van der Waals surface area contributed by atoms with Crippen LogP contribution in [0.3, 0.4) is 0 Å². The first-order valence-electron chi connectivity index (χ1n) is 5.25. The number of benzene rings is 1. The highest BCUT2D eigenvalue weighted by Gasteiger charge is 2.19. The Kier molecular flexibility index (Phi) is 3.08. The third kappa shape index (κ3) is 2.38. The van der Waals surface area contributed by atoms with E-state index in [0.29, 0.717) is 10.2 Å². The van der Waals surface area contributed by atoms with Gasteiger partial charge in [-0.05, 0) is 45.6 Å². The Balaban J connectivity index is 1.98. The van der Waals surface area contributed by atoms with Crippen LogP contribution in [0.25, 0.3) is 10.9 Å². The highest BCUT2D eigenvalue weighted by molar-refractivity contribution is 9.10. The molecule has 2 heterocycles. The lowest BCUT2D eigenvalue weighted by atomic mass is 10.2. The first-order chi connectivity index (χ1) is 9.06. The molecule has 0 saturated carbocycles. The number of aromatic nitrogens is 2. The average Bonchev–Trinajstić information content (AvgIpc) is 2.96. The molecule has 19 heavy (non-hydrogen) atoms. The Morgan fingerprint density at radius 1 is 1.32 bits per heavy atom. The number of rotatable bonds is 3. The number of nitrogens with zero attached hydrogens (tertiary/aromatic N) is 1. The highest BCUT2D eigenvalue weighted by Crippen LogP contribution is 2.29. The van der Waals surface area contributed by atoms with Gasteiger partial charge in [0.15, 0.2) is 4.21 Å². The summed E-state index contributed by atoms with van der Waals surface area (Å²) >= 11 is 4.39. The Bertz CT molecular complexity index is 838. The van der Waals surface area contributed by atoms with E-state index in [4.69, 9.17) is 0 Å². The van der Waals surface area contributed by atoms with Crippen LogP contribution in [-0.2, 0) is 10.0 Å². The van der Waals surface area contributed by atoms with Gasteiger partial charge >= 0.3 is 0 Å². The van der Waals surface area contributed by atoms with Gasteiger partial charge in [-0.2, -0.15) is 5.10 Å². The fraction of sp³-hybridized carbons (Fsp3) is 0. The minimum absolute atomic E-state index is 0.264. The van der Waals surface area contributed by atoms with Gasteiger partial charge in [-0.1, -0.05) is 0 Å². The van der Waals surface area contributed by atoms with Crippen molar-refractivity contribution in [2.24, 2.45) is 0 Å². The van der Waals surface area contributed by atoms with E-state index in [1.54, 1.807) is 35.8 Å². The molecule has 2 aromatic heterocycles. The van der Waals surface area contributed by atoms with Gasteiger partial charge in [0, 0.05) is 15.5 Å². The van der Waals surface area contributed by atoms with Gasteiger partial charge in [-0.15, -0.1) is 11.3 Å². The van der Waals surface area contributed by atoms with Crippen LogP contribution in [0.5, 0.6) is 0 Å². The van der Waals surface area contributed by atoms with Gasteiger partial charge in [0.25, 0.3) is 10.0 Å². The molecule has 5 nitrogen and oxygen atoms in total. The lowest BCUT2D eigenvalue weighted by Crippen LogP contribution is -2.11. The second-order valence-electron chi connectivity index (χ2n) is 3.83. The molecule has 2 N–H and O–H groups in total. The van der Waals surface area contributed by atoms with Crippen molar-refractivity contribution in [2.75, 3.05) is 4.72 Å². The number of thiophene rings is 1. The van der Waals surface area contributed by atoms with Crippen molar-refractivity contribution in [3.63, 3.8) is 0 Å². The molecule has 0 spiro atoms. The van der Waals surface area contributed by atoms with E-state index in [9.17, 15) is 8.42 Å². The molecule has 0 atom stereocenters. The van der Waals surface area contributed by atoms with Crippen LogP contribution in [0.15, 0.2) is 44.5 Å². The smallest absolute Gasteiger partial charge is 0.272 e. The molecular formula is C11H8BrN3O2S2. The topological polar surface area (TPSA) is 74.8 Å². The molecule has 1 aromatic carbocycles. The molecule has 3 rings (SSSR count). The quantitative estimate of drug-likeness (QED) is 0.755. The Morgan fingerprint density at radius 3 is 2.89 bits per heavy atom. The lowest BCUT2D eigenvalue weighted by Gasteiger charge is -2.06. The number of fused-ring (bicyclic) bond motifs is 1. The Labute approximate surface area is 121 Å². The molecule has 0 aliphatic heterocycles. The molecule has 8 heteroatoms. The van der Waals surface area contributed by atoms with Crippen LogP contribution in [0.4, 0.5) is 5.69 Å². The number of sulfonamides is 1. The molecule has 0 bridgehead atoms. The van der Waals surface area contributed by atoms with Crippen molar-refractivity contribution in [1.82, 2.24) is 10.2 Å². The van der Waals surface area contributed by atoms with Gasteiger partial charge in [0.05, 0.1) is 11.7 Å². The fourth-order valence-electron chi connectivity index (χ4n) is 1.68. The van der Waals surface area contributed by atoms with Crippen LogP contribution < -0.4 is 4.72 Å². The summed E-state index contributed by atoms with van der Waals surface area (Å²) in [5.74, 6) is 0. The maximum absolute atomic E-state index is 12.2. The second-order valence-corrected chi connectivity index (χ2v) is 7.48. The summed E-state index contributed by atoms with van der Waals surface area (Å²) in [5.41, 5.74) is 1.37. The molecule has 0 saturated heterocycles. The number of aromatic amines is 1. The standard InChI is InChI=1S/C11H8BrN3O2S2/c12-9-3-4-18-11(9)19(16,17)15-8-1-2-10-7(5-8)6-13-14-10/h1-6,15H,(H,13,14). The third-order valence-electron chi connectivity index (χ3n) is 2.52. The fourth-order valence-corrected chi connectivity index (χ4v) is 5.07. The lowest BCUT2D eigenvalue weighted by molar-refractivity contribution is 0.603. The monoisotopic (exact) mass is 357 g/mol. The third-order valence-corrected chi connectivity index (χ3v) is 6.57. The molecule has 0 unspecified atom stereocenters. The van der Waals surface area contributed by atoms with Crippen molar-refractivity contribution >= 4 is 53.9 Å². The van der Waals surface area contributed by atoms with Gasteiger partial charge in [0.2, 0.25) is 0 Å². The van der Waals surface area contributed by atoms with Gasteiger partial charge in [-0.25, -0.2) is 8.42 Å². The molecule has 0 aliphatic rings. The molecule has 0 aliphatic carbocycles. The SMILES string of the molecule is O=S(=O)(Nc1ccc2[nH]ncc2c1)c1sccc1Br. The summed E-state index contributed by atoms with van der Waals surface area (Å²) in [6.07, 6.45) is 1.65. The Morgan fingerprint density at radius 2 is 2.16 bits per heavy atom. The van der Waals surface area contributed by atoms with Crippen LogP contribution in [-0.4, -0.2) is 18.6 Å². The summed E-state index contributed by atoms with van der Waals surface area (Å²) in [5, 5.41) is 9.28. The van der Waals surface area contributed by atoms with Crippen LogP contribution in [0, 0.1) is 0 Å². The molecular weight excluding hydrogens is 350 g/mol. The summed E-state index contributed by atoms with van der Waals surface area (Å²) < 4.78 is 27.8. The number of hydrogen-bond donors (Lipinski definition) is 2. The largest absolute Gasteiger partial charge is 0.279 e. The van der Waals surface area contributed by atoms with E-state index >= 15 is 0 Å². The van der Waals surface area contributed by atoms with Crippen LogP contribution in [0.2, 0.25) is 0 Å². The Hall–Kier alpha value is -1.38. The maximum atomic E-state index is 12.2. The number of halogens is 1. The summed E-state index contributed by atoms with van der Waals surface area (Å²) in [6.45, 7) is 0. The minimum Gasteiger partial charge on any atom is -0.279 e. The predicted molar refractivity (Wildman–Crippen MR) is 78.9 cm³/mol. The van der Waals surface area contributed by atoms with Crippen molar-refractivity contribution in [2.45, 2.75) is 4.21 Å². The molecule has 0 amide bonds. The predicted octanol–water partition coefficient (Wildman–Crippen LogP) is 3.19. The molecule has 0 radical (unpaired) electrons. The average molecular weight is 358 g/mol. The second kappa shape index (κ2) is 4.62. The van der Waals surface area contributed by atoms with Crippen molar-refractivity contribution in [1.29, 1.82) is 0 Å². The zero-order chi connectivity index (χ0) is 13.5. The molecule has 98 valence electrons. The van der Waals surface area contributed by atoms with Crippen LogP contribution in [0.1, 0.15) is 0 Å². The van der Waals surface area contributed by atoms with Crippen LogP contribution >= 0.6 is 27.3 Å². The van der Waals surface area contributed by atoms with E-state index in [1.807, 2.05) is 0 Å². The summed E-state index contributed by atoms with van der Waals surface area (Å²) in [7, 11) is -3.56. The van der Waals surface area contributed by atoms with Crippen molar-refractivity contribution in [3.8, 4) is 0 Å². The number of nitrogens with one attached hydrogen (secondary N) is 2. The molecule has 0 fully saturated rings. The number of H-pyrrole nitrogens is 1. The maximum Gasteiger partial charge on any atom is 0.272 e. The molecule has 3 aromatic rings. The minimum atomic E-state index is -3.56. The highest BCUT2D eigenvalue weighted by atomic mass is 79.9. The van der Waals surface area contributed by atoms with Crippen molar-refractivity contribution in [3.05, 3.63) is 40.3 Å².